The molecule has 1 aliphatic rings. The van der Waals surface area contributed by atoms with Gasteiger partial charge in [0.15, 0.2) is 0 Å². The van der Waals surface area contributed by atoms with Crippen molar-refractivity contribution in [2.45, 2.75) is 46.5 Å². The van der Waals surface area contributed by atoms with Crippen molar-refractivity contribution in [2.75, 3.05) is 33.8 Å². The topological polar surface area (TPSA) is 82.7 Å². The van der Waals surface area contributed by atoms with Gasteiger partial charge in [0.05, 0.1) is 12.7 Å². The molecule has 150 valence electrons. The molecule has 0 bridgehead atoms. The molecule has 0 unspecified atom stereocenters. The van der Waals surface area contributed by atoms with Crippen molar-refractivity contribution < 1.29 is 19.1 Å². The van der Waals surface area contributed by atoms with E-state index in [1.165, 1.54) is 7.11 Å². The van der Waals surface area contributed by atoms with Crippen LogP contribution in [0.25, 0.3) is 0 Å². The van der Waals surface area contributed by atoms with Gasteiger partial charge in [-0.2, -0.15) is 0 Å². The number of nitrogens with one attached hydrogen (secondary N) is 1. The van der Waals surface area contributed by atoms with E-state index in [0.717, 1.165) is 19.4 Å². The first-order valence-corrected chi connectivity index (χ1v) is 9.63. The predicted octanol–water partition coefficient (Wildman–Crippen LogP) is 2.53. The van der Waals surface area contributed by atoms with Crippen LogP contribution in [0, 0.1) is 19.8 Å². The van der Waals surface area contributed by atoms with E-state index in [0.29, 0.717) is 48.4 Å². The Kier molecular flexibility index (Phi) is 7.05. The molecule has 0 aromatic carbocycles. The van der Waals surface area contributed by atoms with Crippen molar-refractivity contribution in [1.82, 2.24) is 14.8 Å². The number of hydrogen-bond donors (Lipinski definition) is 1. The zero-order chi connectivity index (χ0) is 20.1. The summed E-state index contributed by atoms with van der Waals surface area (Å²) in [4.78, 5) is 43.9. The summed E-state index contributed by atoms with van der Waals surface area (Å²) in [6.07, 6.45) is 3.41. The lowest BCUT2D eigenvalue weighted by molar-refractivity contribution is -0.135. The third-order valence-electron chi connectivity index (χ3n) is 5.40. The minimum Gasteiger partial charge on any atom is -0.465 e. The number of ether oxygens (including phenoxy) is 1. The Morgan fingerprint density at radius 3 is 2.41 bits per heavy atom. The Labute approximate surface area is 161 Å². The fraction of sp³-hybridized carbons (Fsp3) is 0.650. The highest BCUT2D eigenvalue weighted by molar-refractivity contribution is 6.00. The highest BCUT2D eigenvalue weighted by Crippen LogP contribution is 2.24. The van der Waals surface area contributed by atoms with Crippen LogP contribution in [0.3, 0.4) is 0 Å². The smallest absolute Gasteiger partial charge is 0.339 e. The van der Waals surface area contributed by atoms with Gasteiger partial charge < -0.3 is 19.5 Å². The fourth-order valence-electron chi connectivity index (χ4n) is 3.68. The molecule has 1 saturated heterocycles. The third kappa shape index (κ3) is 4.51. The van der Waals surface area contributed by atoms with Gasteiger partial charge in [0.1, 0.15) is 5.69 Å². The molecule has 1 N–H and O–H groups in total. The highest BCUT2D eigenvalue weighted by Gasteiger charge is 2.31. The number of methoxy groups -OCH3 is 1. The number of hydrogen-bond acceptors (Lipinski definition) is 4. The quantitative estimate of drug-likeness (QED) is 0.772. The molecule has 0 spiro atoms. The first-order valence-electron chi connectivity index (χ1n) is 9.63. The van der Waals surface area contributed by atoms with E-state index in [1.54, 1.807) is 18.7 Å². The van der Waals surface area contributed by atoms with E-state index in [9.17, 15) is 14.4 Å². The number of rotatable bonds is 6. The zero-order valence-electron chi connectivity index (χ0n) is 17.1. The summed E-state index contributed by atoms with van der Waals surface area (Å²) < 4.78 is 4.80. The van der Waals surface area contributed by atoms with Gasteiger partial charge in [0, 0.05) is 38.3 Å². The molecule has 2 amide bonds. The Morgan fingerprint density at radius 2 is 1.85 bits per heavy atom. The lowest BCUT2D eigenvalue weighted by Gasteiger charge is -2.33. The monoisotopic (exact) mass is 377 g/mol. The highest BCUT2D eigenvalue weighted by atomic mass is 16.5. The van der Waals surface area contributed by atoms with Crippen LogP contribution in [0.5, 0.6) is 0 Å². The molecule has 1 fully saturated rings. The summed E-state index contributed by atoms with van der Waals surface area (Å²) in [5.74, 6) is -0.417. The number of carbonyl (C=O) groups excluding carboxylic acids is 3. The minimum absolute atomic E-state index is 0.0204. The SMILES string of the molecule is CCCCN(C)C(=O)C1CCN(C(=O)c2[nH]c(C)c(C(=O)OC)c2C)CC1. The van der Waals surface area contributed by atoms with E-state index in [-0.39, 0.29) is 17.7 Å². The van der Waals surface area contributed by atoms with Crippen LogP contribution in [-0.2, 0) is 9.53 Å². The van der Waals surface area contributed by atoms with E-state index in [1.807, 2.05) is 11.9 Å². The van der Waals surface area contributed by atoms with Gasteiger partial charge in [0.25, 0.3) is 5.91 Å². The summed E-state index contributed by atoms with van der Waals surface area (Å²) >= 11 is 0. The molecule has 1 aromatic heterocycles. The number of likely N-dealkylation sites (tertiary alicyclic amines) is 1. The van der Waals surface area contributed by atoms with Crippen molar-refractivity contribution in [3.63, 3.8) is 0 Å². The van der Waals surface area contributed by atoms with E-state index < -0.39 is 5.97 Å². The van der Waals surface area contributed by atoms with Gasteiger partial charge in [0.2, 0.25) is 5.91 Å². The molecule has 0 aliphatic carbocycles. The van der Waals surface area contributed by atoms with Gasteiger partial charge in [-0.1, -0.05) is 13.3 Å². The number of unbranched alkanes of at least 4 members (excludes halogenated alkanes) is 1. The Balaban J connectivity index is 2.01. The number of amides is 2. The maximum atomic E-state index is 12.9. The van der Waals surface area contributed by atoms with Crippen LogP contribution >= 0.6 is 0 Å². The predicted molar refractivity (Wildman–Crippen MR) is 103 cm³/mol. The van der Waals surface area contributed by atoms with Crippen LogP contribution in [0.1, 0.15) is 64.7 Å². The van der Waals surface area contributed by atoms with Gasteiger partial charge >= 0.3 is 5.97 Å². The second-order valence-electron chi connectivity index (χ2n) is 7.30. The third-order valence-corrected chi connectivity index (χ3v) is 5.40. The molecule has 27 heavy (non-hydrogen) atoms. The van der Waals surface area contributed by atoms with Crippen LogP contribution in [-0.4, -0.2) is 66.4 Å². The van der Waals surface area contributed by atoms with Gasteiger partial charge in [-0.25, -0.2) is 4.79 Å². The lowest BCUT2D eigenvalue weighted by atomic mass is 9.95. The summed E-state index contributed by atoms with van der Waals surface area (Å²) in [6.45, 7) is 7.49. The van der Waals surface area contributed by atoms with E-state index in [4.69, 9.17) is 4.74 Å². The molecule has 7 nitrogen and oxygen atoms in total. The molecular formula is C20H31N3O4. The average Bonchev–Trinajstić information content (AvgIpc) is 2.98. The van der Waals surface area contributed by atoms with Crippen molar-refractivity contribution >= 4 is 17.8 Å². The molecule has 0 saturated carbocycles. The number of H-pyrrole nitrogens is 1. The maximum absolute atomic E-state index is 12.9. The summed E-state index contributed by atoms with van der Waals surface area (Å²) in [5, 5.41) is 0. The Bertz CT molecular complexity index is 702. The molecule has 0 radical (unpaired) electrons. The Morgan fingerprint density at radius 1 is 1.22 bits per heavy atom. The summed E-state index contributed by atoms with van der Waals surface area (Å²) in [5.41, 5.74) is 2.09. The van der Waals surface area contributed by atoms with Crippen LogP contribution in [0.2, 0.25) is 0 Å². The van der Waals surface area contributed by atoms with E-state index in [2.05, 4.69) is 11.9 Å². The van der Waals surface area contributed by atoms with Crippen molar-refractivity contribution in [3.05, 3.63) is 22.5 Å². The zero-order valence-corrected chi connectivity index (χ0v) is 17.1. The number of esters is 1. The number of aryl methyl sites for hydroxylation is 1. The second-order valence-corrected chi connectivity index (χ2v) is 7.30. The standard InChI is InChI=1S/C20H31N3O4/c1-6-7-10-22(4)18(24)15-8-11-23(12-9-15)19(25)17-13(2)16(14(3)21-17)20(26)27-5/h15,21H,6-12H2,1-5H3. The van der Waals surface area contributed by atoms with E-state index >= 15 is 0 Å². The minimum atomic E-state index is -0.445. The molecule has 1 aromatic rings. The number of aromatic nitrogens is 1. The second kappa shape index (κ2) is 9.06. The van der Waals surface area contributed by atoms with Crippen molar-refractivity contribution in [1.29, 1.82) is 0 Å². The lowest BCUT2D eigenvalue weighted by Crippen LogP contribution is -2.43. The first-order chi connectivity index (χ1) is 12.8. The first kappa shape index (κ1) is 21.0. The largest absolute Gasteiger partial charge is 0.465 e. The maximum Gasteiger partial charge on any atom is 0.339 e. The number of aromatic amines is 1. The van der Waals surface area contributed by atoms with Gasteiger partial charge in [-0.15, -0.1) is 0 Å². The number of carbonyl (C=O) groups is 3. The summed E-state index contributed by atoms with van der Waals surface area (Å²) in [7, 11) is 3.18. The summed E-state index contributed by atoms with van der Waals surface area (Å²) in [6, 6.07) is 0. The number of nitrogens with zero attached hydrogens (tertiary/aromatic N) is 2. The molecule has 7 heteroatoms. The molecule has 1 aliphatic heterocycles. The van der Waals surface area contributed by atoms with Crippen LogP contribution in [0.4, 0.5) is 0 Å². The molecule has 0 atom stereocenters. The van der Waals surface area contributed by atoms with Crippen molar-refractivity contribution in [2.24, 2.45) is 5.92 Å². The van der Waals surface area contributed by atoms with Crippen LogP contribution in [0.15, 0.2) is 0 Å². The molecule has 2 heterocycles. The molecular weight excluding hydrogens is 346 g/mol. The van der Waals surface area contributed by atoms with Gasteiger partial charge in [-0.05, 0) is 38.7 Å². The van der Waals surface area contributed by atoms with Crippen molar-refractivity contribution in [3.8, 4) is 0 Å². The average molecular weight is 377 g/mol. The Hall–Kier alpha value is -2.31. The molecule has 2 rings (SSSR count). The number of piperidine rings is 1. The fourth-order valence-corrected chi connectivity index (χ4v) is 3.68. The normalized spacial score (nSPS) is 14.9. The van der Waals surface area contributed by atoms with Crippen LogP contribution < -0.4 is 0 Å². The van der Waals surface area contributed by atoms with Gasteiger partial charge in [-0.3, -0.25) is 9.59 Å².